The van der Waals surface area contributed by atoms with E-state index in [9.17, 15) is 9.59 Å². The van der Waals surface area contributed by atoms with Crippen LogP contribution in [0.1, 0.15) is 35.7 Å². The number of hydrogen-bond donors (Lipinski definition) is 1. The van der Waals surface area contributed by atoms with E-state index in [1.54, 1.807) is 24.3 Å². The quantitative estimate of drug-likeness (QED) is 0.741. The van der Waals surface area contributed by atoms with E-state index in [2.05, 4.69) is 12.2 Å². The molecule has 25 heavy (non-hydrogen) atoms. The number of ether oxygens (including phenoxy) is 2. The molecule has 0 aromatic heterocycles. The first-order valence-electron chi connectivity index (χ1n) is 8.33. The molecule has 0 aliphatic carbocycles. The number of unbranched alkanes of at least 4 members (excludes halogenated alkanes) is 1. The second kappa shape index (κ2) is 9.47. The van der Waals surface area contributed by atoms with E-state index in [1.165, 1.54) is 12.7 Å². The number of para-hydroxylation sites is 1. The van der Waals surface area contributed by atoms with Crippen LogP contribution in [0, 0.1) is 0 Å². The van der Waals surface area contributed by atoms with E-state index < -0.39 is 5.97 Å². The molecule has 0 unspecified atom stereocenters. The van der Waals surface area contributed by atoms with Crippen molar-refractivity contribution in [2.45, 2.75) is 26.2 Å². The Kier molecular flexibility index (Phi) is 7.01. The number of carbonyl (C=O) groups is 2. The van der Waals surface area contributed by atoms with E-state index in [1.807, 2.05) is 24.3 Å². The molecule has 0 radical (unpaired) electrons. The molecule has 5 heteroatoms. The maximum atomic E-state index is 12.0. The van der Waals surface area contributed by atoms with Crippen LogP contribution in [0.3, 0.4) is 0 Å². The highest BCUT2D eigenvalue weighted by molar-refractivity contribution is 5.94. The van der Waals surface area contributed by atoms with Crippen molar-refractivity contribution in [1.82, 2.24) is 0 Å². The van der Waals surface area contributed by atoms with Crippen molar-refractivity contribution in [3.8, 4) is 5.75 Å². The molecule has 0 aliphatic heterocycles. The minimum Gasteiger partial charge on any atom is -0.483 e. The minimum absolute atomic E-state index is 0.189. The average Bonchev–Trinajstić information content (AvgIpc) is 2.65. The normalized spacial score (nSPS) is 10.2. The van der Waals surface area contributed by atoms with Crippen LogP contribution in [0.4, 0.5) is 5.69 Å². The maximum absolute atomic E-state index is 12.0. The molecule has 2 aromatic rings. The molecule has 132 valence electrons. The van der Waals surface area contributed by atoms with E-state index in [0.29, 0.717) is 5.75 Å². The van der Waals surface area contributed by atoms with Crippen LogP contribution >= 0.6 is 0 Å². The van der Waals surface area contributed by atoms with Gasteiger partial charge in [-0.2, -0.15) is 0 Å². The Balaban J connectivity index is 1.90. The highest BCUT2D eigenvalue weighted by atomic mass is 16.5. The zero-order chi connectivity index (χ0) is 18.1. The number of carbonyl (C=O) groups excluding carboxylic acids is 2. The molecular weight excluding hydrogens is 318 g/mol. The second-order valence-corrected chi connectivity index (χ2v) is 5.63. The van der Waals surface area contributed by atoms with Gasteiger partial charge < -0.3 is 14.8 Å². The zero-order valence-electron chi connectivity index (χ0n) is 14.6. The summed E-state index contributed by atoms with van der Waals surface area (Å²) in [5, 5.41) is 2.78. The van der Waals surface area contributed by atoms with Crippen molar-refractivity contribution in [2.75, 3.05) is 19.0 Å². The number of nitrogens with one attached hydrogen (secondary N) is 1. The zero-order valence-corrected chi connectivity index (χ0v) is 14.6. The summed E-state index contributed by atoms with van der Waals surface area (Å²) >= 11 is 0. The molecule has 2 rings (SSSR count). The van der Waals surface area contributed by atoms with Crippen LogP contribution < -0.4 is 10.1 Å². The SMILES string of the molecule is CCCCc1ccc(NC(=O)COc2ccccc2C(=O)OC)cc1. The van der Waals surface area contributed by atoms with Gasteiger partial charge in [-0.05, 0) is 42.7 Å². The fourth-order valence-electron chi connectivity index (χ4n) is 2.35. The molecule has 0 saturated heterocycles. The van der Waals surface area contributed by atoms with Gasteiger partial charge in [0.2, 0.25) is 0 Å². The van der Waals surface area contributed by atoms with Crippen LogP contribution in [0.2, 0.25) is 0 Å². The van der Waals surface area contributed by atoms with Crippen molar-refractivity contribution in [3.63, 3.8) is 0 Å². The minimum atomic E-state index is -0.501. The first-order valence-corrected chi connectivity index (χ1v) is 8.33. The molecule has 1 amide bonds. The van der Waals surface area contributed by atoms with Gasteiger partial charge in [0.15, 0.2) is 6.61 Å². The Morgan fingerprint density at radius 3 is 2.44 bits per heavy atom. The Hall–Kier alpha value is -2.82. The molecule has 0 fully saturated rings. The number of methoxy groups -OCH3 is 1. The summed E-state index contributed by atoms with van der Waals surface area (Å²) < 4.78 is 10.2. The standard InChI is InChI=1S/C20H23NO4/c1-3-4-7-15-10-12-16(13-11-15)21-19(22)14-25-18-9-6-5-8-17(18)20(23)24-2/h5-6,8-13H,3-4,7,14H2,1-2H3,(H,21,22). The number of benzene rings is 2. The number of amides is 1. The fourth-order valence-corrected chi connectivity index (χ4v) is 2.35. The average molecular weight is 341 g/mol. The lowest BCUT2D eigenvalue weighted by Crippen LogP contribution is -2.21. The summed E-state index contributed by atoms with van der Waals surface area (Å²) in [6, 6.07) is 14.4. The van der Waals surface area contributed by atoms with Crippen LogP contribution in [-0.4, -0.2) is 25.6 Å². The van der Waals surface area contributed by atoms with E-state index in [-0.39, 0.29) is 18.1 Å². The summed E-state index contributed by atoms with van der Waals surface area (Å²) in [5.41, 5.74) is 2.26. The molecule has 1 N–H and O–H groups in total. The van der Waals surface area contributed by atoms with Crippen molar-refractivity contribution < 1.29 is 19.1 Å². The lowest BCUT2D eigenvalue weighted by Gasteiger charge is -2.10. The van der Waals surface area contributed by atoms with Gasteiger partial charge in [-0.1, -0.05) is 37.6 Å². The topological polar surface area (TPSA) is 64.6 Å². The predicted octanol–water partition coefficient (Wildman–Crippen LogP) is 3.83. The predicted molar refractivity (Wildman–Crippen MR) is 97.0 cm³/mol. The molecule has 0 heterocycles. The Bertz CT molecular complexity index is 710. The molecule has 0 saturated carbocycles. The maximum Gasteiger partial charge on any atom is 0.341 e. The Morgan fingerprint density at radius 1 is 1.04 bits per heavy atom. The van der Waals surface area contributed by atoms with Crippen molar-refractivity contribution in [2.24, 2.45) is 0 Å². The number of esters is 1. The van der Waals surface area contributed by atoms with Crippen LogP contribution in [0.25, 0.3) is 0 Å². The summed E-state index contributed by atoms with van der Waals surface area (Å²) in [4.78, 5) is 23.7. The third-order valence-electron chi connectivity index (χ3n) is 3.71. The molecule has 0 bridgehead atoms. The summed E-state index contributed by atoms with van der Waals surface area (Å²) in [6.07, 6.45) is 3.35. The van der Waals surface area contributed by atoms with Gasteiger partial charge in [-0.25, -0.2) is 4.79 Å². The van der Waals surface area contributed by atoms with Gasteiger partial charge in [-0.3, -0.25) is 4.79 Å². The molecule has 0 atom stereocenters. The smallest absolute Gasteiger partial charge is 0.341 e. The van der Waals surface area contributed by atoms with E-state index >= 15 is 0 Å². The second-order valence-electron chi connectivity index (χ2n) is 5.63. The number of hydrogen-bond acceptors (Lipinski definition) is 4. The molecule has 5 nitrogen and oxygen atoms in total. The summed E-state index contributed by atoms with van der Waals surface area (Å²) in [6.45, 7) is 1.97. The molecule has 0 spiro atoms. The Labute approximate surface area is 148 Å². The number of aryl methyl sites for hydroxylation is 1. The first kappa shape index (κ1) is 18.5. The van der Waals surface area contributed by atoms with E-state index in [0.717, 1.165) is 24.9 Å². The highest BCUT2D eigenvalue weighted by Crippen LogP contribution is 2.19. The number of anilines is 1. The summed E-state index contributed by atoms with van der Waals surface area (Å²) in [5.74, 6) is -0.473. The van der Waals surface area contributed by atoms with Crippen molar-refractivity contribution >= 4 is 17.6 Å². The van der Waals surface area contributed by atoms with Crippen LogP contribution in [0.5, 0.6) is 5.75 Å². The van der Waals surface area contributed by atoms with Crippen molar-refractivity contribution in [3.05, 3.63) is 59.7 Å². The third-order valence-corrected chi connectivity index (χ3v) is 3.71. The van der Waals surface area contributed by atoms with Gasteiger partial charge >= 0.3 is 5.97 Å². The molecule has 0 aliphatic rings. The van der Waals surface area contributed by atoms with Gasteiger partial charge in [0.05, 0.1) is 7.11 Å². The largest absolute Gasteiger partial charge is 0.483 e. The monoisotopic (exact) mass is 341 g/mol. The van der Waals surface area contributed by atoms with E-state index in [4.69, 9.17) is 9.47 Å². The highest BCUT2D eigenvalue weighted by Gasteiger charge is 2.13. The third kappa shape index (κ3) is 5.64. The number of rotatable bonds is 8. The lowest BCUT2D eigenvalue weighted by molar-refractivity contribution is -0.118. The fraction of sp³-hybridized carbons (Fsp3) is 0.300. The Morgan fingerprint density at radius 2 is 1.76 bits per heavy atom. The van der Waals surface area contributed by atoms with Gasteiger partial charge in [-0.15, -0.1) is 0 Å². The molecular formula is C20H23NO4. The van der Waals surface area contributed by atoms with Crippen LogP contribution in [-0.2, 0) is 16.0 Å². The van der Waals surface area contributed by atoms with Crippen molar-refractivity contribution in [1.29, 1.82) is 0 Å². The molecule has 2 aromatic carbocycles. The lowest BCUT2D eigenvalue weighted by atomic mass is 10.1. The van der Waals surface area contributed by atoms with Crippen LogP contribution in [0.15, 0.2) is 48.5 Å². The summed E-state index contributed by atoms with van der Waals surface area (Å²) in [7, 11) is 1.30. The first-order chi connectivity index (χ1) is 12.1. The van der Waals surface area contributed by atoms with Gasteiger partial charge in [0, 0.05) is 5.69 Å². The van der Waals surface area contributed by atoms with Gasteiger partial charge in [0.25, 0.3) is 5.91 Å². The van der Waals surface area contributed by atoms with Gasteiger partial charge in [0.1, 0.15) is 11.3 Å².